The molecule has 0 radical (unpaired) electrons. The second kappa shape index (κ2) is 2.37. The van der Waals surface area contributed by atoms with Gasteiger partial charge in [0, 0.05) is 18.2 Å². The molecule has 12 heavy (non-hydrogen) atoms. The lowest BCUT2D eigenvalue weighted by Gasteiger charge is -1.90. The fourth-order valence-electron chi connectivity index (χ4n) is 1.05. The number of carbonyl (C=O) groups is 1. The fraction of sp³-hybridized carbons (Fsp3) is 0.143. The number of carboxylic acids is 1. The normalized spacial score (nSPS) is 13.8. The number of aromatic nitrogens is 2. The van der Waals surface area contributed by atoms with Crippen LogP contribution in [0.3, 0.4) is 0 Å². The minimum Gasteiger partial charge on any atom is -0.477 e. The zero-order valence-corrected chi connectivity index (χ0v) is 6.06. The molecule has 0 aromatic carbocycles. The predicted octanol–water partition coefficient (Wildman–Crippen LogP) is 0.190. The Morgan fingerprint density at radius 2 is 2.42 bits per heavy atom. The molecule has 0 aliphatic carbocycles. The van der Waals surface area contributed by atoms with Crippen molar-refractivity contribution < 1.29 is 9.90 Å². The Labute approximate surface area is 67.8 Å². The van der Waals surface area contributed by atoms with Crippen LogP contribution in [0.5, 0.6) is 0 Å². The number of carboxylic acid groups (broad SMARTS) is 1. The number of rotatable bonds is 1. The molecule has 5 nitrogen and oxygen atoms in total. The highest BCUT2D eigenvalue weighted by Crippen LogP contribution is 2.21. The van der Waals surface area contributed by atoms with Crippen molar-refractivity contribution in [2.45, 2.75) is 6.42 Å². The molecule has 0 unspecified atom stereocenters. The smallest absolute Gasteiger partial charge is 0.350 e. The van der Waals surface area contributed by atoms with E-state index in [4.69, 9.17) is 5.11 Å². The monoisotopic (exact) mass is 163 g/mol. The highest BCUT2D eigenvalue weighted by atomic mass is 16.4. The summed E-state index contributed by atoms with van der Waals surface area (Å²) in [6.45, 7) is 0. The summed E-state index contributed by atoms with van der Waals surface area (Å²) in [5.41, 5.74) is 0.903. The van der Waals surface area contributed by atoms with Gasteiger partial charge in [-0.25, -0.2) is 19.8 Å². The van der Waals surface area contributed by atoms with Gasteiger partial charge in [0.25, 0.3) is 0 Å². The topological polar surface area (TPSA) is 75.4 Å². The fourth-order valence-corrected chi connectivity index (χ4v) is 1.05. The van der Waals surface area contributed by atoms with Gasteiger partial charge in [-0.3, -0.25) is 0 Å². The first kappa shape index (κ1) is 6.90. The zero-order chi connectivity index (χ0) is 8.55. The van der Waals surface area contributed by atoms with E-state index in [1.54, 1.807) is 6.20 Å². The van der Waals surface area contributed by atoms with Gasteiger partial charge < -0.3 is 5.11 Å². The first-order chi connectivity index (χ1) is 5.77. The van der Waals surface area contributed by atoms with Gasteiger partial charge in [0.1, 0.15) is 12.0 Å². The van der Waals surface area contributed by atoms with E-state index in [0.29, 0.717) is 12.2 Å². The Bertz CT molecular complexity index is 373. The van der Waals surface area contributed by atoms with E-state index in [1.165, 1.54) is 6.33 Å². The van der Waals surface area contributed by atoms with Crippen LogP contribution >= 0.6 is 0 Å². The number of fused-ring (bicyclic) bond motifs is 1. The minimum atomic E-state index is -0.993. The average Bonchev–Trinajstić information content (AvgIpc) is 2.46. The molecule has 1 aliphatic rings. The first-order valence-corrected chi connectivity index (χ1v) is 3.37. The van der Waals surface area contributed by atoms with Crippen LogP contribution in [0.1, 0.15) is 5.56 Å². The SMILES string of the molecule is O=C(O)C1=Nc2ncncc2C1. The summed E-state index contributed by atoms with van der Waals surface area (Å²) >= 11 is 0. The van der Waals surface area contributed by atoms with Crippen molar-refractivity contribution in [3.63, 3.8) is 0 Å². The molecule has 0 saturated carbocycles. The van der Waals surface area contributed by atoms with E-state index in [2.05, 4.69) is 15.0 Å². The van der Waals surface area contributed by atoms with Gasteiger partial charge in [0.15, 0.2) is 5.82 Å². The summed E-state index contributed by atoms with van der Waals surface area (Å²) in [5, 5.41) is 8.61. The van der Waals surface area contributed by atoms with E-state index in [-0.39, 0.29) is 5.71 Å². The average molecular weight is 163 g/mol. The second-order valence-corrected chi connectivity index (χ2v) is 2.41. The molecule has 0 atom stereocenters. The van der Waals surface area contributed by atoms with Crippen molar-refractivity contribution in [2.24, 2.45) is 4.99 Å². The van der Waals surface area contributed by atoms with Crippen LogP contribution in [-0.4, -0.2) is 26.8 Å². The van der Waals surface area contributed by atoms with E-state index >= 15 is 0 Å². The Morgan fingerprint density at radius 1 is 1.58 bits per heavy atom. The predicted molar refractivity (Wildman–Crippen MR) is 40.5 cm³/mol. The standard InChI is InChI=1S/C7H5N3O2/c11-7(12)5-1-4-2-8-3-9-6(4)10-5/h2-3H,1H2,(H,11,12). The summed E-state index contributed by atoms with van der Waals surface area (Å²) in [7, 11) is 0. The Kier molecular flexibility index (Phi) is 1.36. The molecule has 60 valence electrons. The number of nitrogens with zero attached hydrogens (tertiary/aromatic N) is 3. The quantitative estimate of drug-likeness (QED) is 0.641. The third kappa shape index (κ3) is 0.952. The van der Waals surface area contributed by atoms with Gasteiger partial charge >= 0.3 is 5.97 Å². The number of hydrogen-bond acceptors (Lipinski definition) is 4. The largest absolute Gasteiger partial charge is 0.477 e. The van der Waals surface area contributed by atoms with Crippen molar-refractivity contribution in [3.8, 4) is 0 Å². The van der Waals surface area contributed by atoms with Gasteiger partial charge in [-0.1, -0.05) is 0 Å². The van der Waals surface area contributed by atoms with Crippen molar-refractivity contribution in [2.75, 3.05) is 0 Å². The molecule has 0 amide bonds. The molecular formula is C7H5N3O2. The molecule has 0 spiro atoms. The summed E-state index contributed by atoms with van der Waals surface area (Å²) in [6, 6.07) is 0. The summed E-state index contributed by atoms with van der Waals surface area (Å²) in [4.78, 5) is 21.9. The molecule has 1 aromatic heterocycles. The lowest BCUT2D eigenvalue weighted by atomic mass is 10.2. The van der Waals surface area contributed by atoms with Crippen LogP contribution in [0.2, 0.25) is 0 Å². The molecule has 2 rings (SSSR count). The maximum Gasteiger partial charge on any atom is 0.350 e. The molecule has 1 N–H and O–H groups in total. The third-order valence-corrected chi connectivity index (χ3v) is 1.61. The molecule has 1 aliphatic heterocycles. The van der Waals surface area contributed by atoms with Gasteiger partial charge in [-0.15, -0.1) is 0 Å². The van der Waals surface area contributed by atoms with E-state index in [1.807, 2.05) is 0 Å². The zero-order valence-electron chi connectivity index (χ0n) is 6.06. The van der Waals surface area contributed by atoms with E-state index in [9.17, 15) is 4.79 Å². The highest BCUT2D eigenvalue weighted by Gasteiger charge is 2.20. The maximum absolute atomic E-state index is 10.5. The van der Waals surface area contributed by atoms with Crippen molar-refractivity contribution >= 4 is 17.5 Å². The Balaban J connectivity index is 2.41. The van der Waals surface area contributed by atoms with Gasteiger partial charge in [-0.05, 0) is 0 Å². The van der Waals surface area contributed by atoms with Crippen LogP contribution in [0, 0.1) is 0 Å². The van der Waals surface area contributed by atoms with E-state index in [0.717, 1.165) is 5.56 Å². The summed E-state index contributed by atoms with van der Waals surface area (Å²) in [5.74, 6) is -0.518. The van der Waals surface area contributed by atoms with Crippen LogP contribution < -0.4 is 0 Å². The lowest BCUT2D eigenvalue weighted by molar-refractivity contribution is -0.129. The number of aliphatic carboxylic acids is 1. The van der Waals surface area contributed by atoms with Gasteiger partial charge in [-0.2, -0.15) is 0 Å². The molecular weight excluding hydrogens is 158 g/mol. The molecule has 1 aromatic rings. The second-order valence-electron chi connectivity index (χ2n) is 2.41. The minimum absolute atomic E-state index is 0.130. The molecule has 2 heterocycles. The number of hydrogen-bond donors (Lipinski definition) is 1. The third-order valence-electron chi connectivity index (χ3n) is 1.61. The number of aliphatic imine (C=N–C) groups is 1. The van der Waals surface area contributed by atoms with E-state index < -0.39 is 5.97 Å². The lowest BCUT2D eigenvalue weighted by Crippen LogP contribution is -2.11. The Hall–Kier alpha value is -1.78. The summed E-state index contributed by atoms with van der Waals surface area (Å²) in [6.07, 6.45) is 3.26. The van der Waals surface area contributed by atoms with Crippen molar-refractivity contribution in [3.05, 3.63) is 18.1 Å². The van der Waals surface area contributed by atoms with Crippen LogP contribution in [-0.2, 0) is 11.2 Å². The van der Waals surface area contributed by atoms with Crippen molar-refractivity contribution in [1.29, 1.82) is 0 Å². The maximum atomic E-state index is 10.5. The van der Waals surface area contributed by atoms with Crippen molar-refractivity contribution in [1.82, 2.24) is 9.97 Å². The molecule has 5 heteroatoms. The Morgan fingerprint density at radius 3 is 3.08 bits per heavy atom. The summed E-state index contributed by atoms with van der Waals surface area (Å²) < 4.78 is 0. The first-order valence-electron chi connectivity index (χ1n) is 3.37. The molecule has 0 bridgehead atoms. The van der Waals surface area contributed by atoms with Gasteiger partial charge in [0.2, 0.25) is 0 Å². The molecule has 0 fully saturated rings. The molecule has 0 saturated heterocycles. The van der Waals surface area contributed by atoms with Crippen LogP contribution in [0.4, 0.5) is 5.82 Å². The highest BCUT2D eigenvalue weighted by molar-refractivity contribution is 6.37. The van der Waals surface area contributed by atoms with Gasteiger partial charge in [0.05, 0.1) is 0 Å². The van der Waals surface area contributed by atoms with Crippen LogP contribution in [0.25, 0.3) is 0 Å². The van der Waals surface area contributed by atoms with Crippen LogP contribution in [0.15, 0.2) is 17.5 Å².